The van der Waals surface area contributed by atoms with Crippen LogP contribution < -0.4 is 5.73 Å². The van der Waals surface area contributed by atoms with Gasteiger partial charge in [-0.2, -0.15) is 0 Å². The lowest BCUT2D eigenvalue weighted by Crippen LogP contribution is -2.24. The largest absolute Gasteiger partial charge is 0.320 e. The van der Waals surface area contributed by atoms with Crippen molar-refractivity contribution in [3.63, 3.8) is 0 Å². The zero-order chi connectivity index (χ0) is 11.9. The second kappa shape index (κ2) is 3.81. The number of rotatable bonds is 3. The van der Waals surface area contributed by atoms with Gasteiger partial charge in [-0.15, -0.1) is 0 Å². The van der Waals surface area contributed by atoms with Crippen LogP contribution in [0.5, 0.6) is 0 Å². The van der Waals surface area contributed by atoms with Crippen molar-refractivity contribution in [3.8, 4) is 0 Å². The Morgan fingerprint density at radius 3 is 3.00 bits per heavy atom. The minimum atomic E-state index is -0.170. The van der Waals surface area contributed by atoms with Gasteiger partial charge in [0.15, 0.2) is 0 Å². The first-order valence-corrected chi connectivity index (χ1v) is 6.39. The summed E-state index contributed by atoms with van der Waals surface area (Å²) in [6.45, 7) is 2.22. The Morgan fingerprint density at radius 2 is 2.18 bits per heavy atom. The summed E-state index contributed by atoms with van der Waals surface area (Å²) in [5.74, 6) is 0.616. The van der Waals surface area contributed by atoms with Crippen molar-refractivity contribution in [2.45, 2.75) is 31.7 Å². The fourth-order valence-electron chi connectivity index (χ4n) is 2.84. The summed E-state index contributed by atoms with van der Waals surface area (Å²) in [6, 6.07) is 10.4. The SMILES string of the molecule is CCCC1CC1(N)c1nccc2ccccc12. The molecule has 3 rings (SSSR count). The normalized spacial score (nSPS) is 27.3. The fraction of sp³-hybridized carbons (Fsp3) is 0.400. The van der Waals surface area contributed by atoms with Gasteiger partial charge in [-0.25, -0.2) is 0 Å². The number of nitrogens with two attached hydrogens (primary N) is 1. The van der Waals surface area contributed by atoms with E-state index >= 15 is 0 Å². The second-order valence-electron chi connectivity index (χ2n) is 5.11. The van der Waals surface area contributed by atoms with Gasteiger partial charge in [-0.05, 0) is 30.2 Å². The van der Waals surface area contributed by atoms with Gasteiger partial charge in [0.25, 0.3) is 0 Å². The zero-order valence-corrected chi connectivity index (χ0v) is 10.2. The molecule has 2 aromatic rings. The molecule has 1 fully saturated rings. The highest BCUT2D eigenvalue weighted by molar-refractivity contribution is 5.85. The van der Waals surface area contributed by atoms with Crippen LogP contribution in [-0.4, -0.2) is 4.98 Å². The molecule has 1 saturated carbocycles. The summed E-state index contributed by atoms with van der Waals surface area (Å²) in [5.41, 5.74) is 7.42. The van der Waals surface area contributed by atoms with Crippen molar-refractivity contribution in [1.82, 2.24) is 4.98 Å². The summed E-state index contributed by atoms with van der Waals surface area (Å²) in [5, 5.41) is 2.46. The van der Waals surface area contributed by atoms with Crippen LogP contribution in [0.3, 0.4) is 0 Å². The molecule has 2 atom stereocenters. The summed E-state index contributed by atoms with van der Waals surface area (Å²) in [4.78, 5) is 4.55. The van der Waals surface area contributed by atoms with Crippen LogP contribution in [0.2, 0.25) is 0 Å². The maximum Gasteiger partial charge on any atom is 0.0683 e. The lowest BCUT2D eigenvalue weighted by molar-refractivity contribution is 0.575. The van der Waals surface area contributed by atoms with Crippen LogP contribution in [-0.2, 0) is 5.54 Å². The molecule has 2 heteroatoms. The molecular formula is C15H18N2. The minimum Gasteiger partial charge on any atom is -0.320 e. The van der Waals surface area contributed by atoms with E-state index in [0.29, 0.717) is 5.92 Å². The van der Waals surface area contributed by atoms with Crippen molar-refractivity contribution in [2.75, 3.05) is 0 Å². The molecule has 1 aliphatic rings. The molecule has 1 aliphatic carbocycles. The molecule has 17 heavy (non-hydrogen) atoms. The Bertz CT molecular complexity index is 544. The van der Waals surface area contributed by atoms with Crippen LogP contribution in [0.25, 0.3) is 10.8 Å². The molecule has 2 unspecified atom stereocenters. The van der Waals surface area contributed by atoms with Crippen LogP contribution >= 0.6 is 0 Å². The van der Waals surface area contributed by atoms with E-state index in [1.54, 1.807) is 0 Å². The van der Waals surface area contributed by atoms with Gasteiger partial charge in [-0.3, -0.25) is 4.98 Å². The first kappa shape index (κ1) is 10.7. The Morgan fingerprint density at radius 1 is 1.35 bits per heavy atom. The van der Waals surface area contributed by atoms with Crippen LogP contribution in [0.1, 0.15) is 31.9 Å². The van der Waals surface area contributed by atoms with Crippen molar-refractivity contribution < 1.29 is 0 Å². The number of hydrogen-bond acceptors (Lipinski definition) is 2. The van der Waals surface area contributed by atoms with Crippen molar-refractivity contribution >= 4 is 10.8 Å². The average molecular weight is 226 g/mol. The highest BCUT2D eigenvalue weighted by atomic mass is 14.9. The highest BCUT2D eigenvalue weighted by Gasteiger charge is 2.53. The molecule has 0 saturated heterocycles. The summed E-state index contributed by atoms with van der Waals surface area (Å²) in [7, 11) is 0. The fourth-order valence-corrected chi connectivity index (χ4v) is 2.84. The predicted octanol–water partition coefficient (Wildman–Crippen LogP) is 3.21. The number of hydrogen-bond donors (Lipinski definition) is 1. The predicted molar refractivity (Wildman–Crippen MR) is 70.6 cm³/mol. The third-order valence-electron chi connectivity index (χ3n) is 3.90. The smallest absolute Gasteiger partial charge is 0.0683 e. The number of benzene rings is 1. The molecular weight excluding hydrogens is 208 g/mol. The van der Waals surface area contributed by atoms with E-state index in [1.807, 2.05) is 6.20 Å². The van der Waals surface area contributed by atoms with E-state index in [1.165, 1.54) is 23.6 Å². The Labute approximate surface area is 102 Å². The van der Waals surface area contributed by atoms with Crippen LogP contribution in [0, 0.1) is 5.92 Å². The third kappa shape index (κ3) is 1.64. The quantitative estimate of drug-likeness (QED) is 0.872. The number of nitrogens with zero attached hydrogens (tertiary/aromatic N) is 1. The van der Waals surface area contributed by atoms with Crippen LogP contribution in [0.4, 0.5) is 0 Å². The van der Waals surface area contributed by atoms with Gasteiger partial charge in [0.2, 0.25) is 0 Å². The summed E-state index contributed by atoms with van der Waals surface area (Å²) < 4.78 is 0. The van der Waals surface area contributed by atoms with Gasteiger partial charge in [0, 0.05) is 11.6 Å². The zero-order valence-electron chi connectivity index (χ0n) is 10.2. The van der Waals surface area contributed by atoms with Gasteiger partial charge < -0.3 is 5.73 Å². The third-order valence-corrected chi connectivity index (χ3v) is 3.90. The highest BCUT2D eigenvalue weighted by Crippen LogP contribution is 2.52. The lowest BCUT2D eigenvalue weighted by Gasteiger charge is -2.13. The first-order chi connectivity index (χ1) is 8.25. The van der Waals surface area contributed by atoms with E-state index in [4.69, 9.17) is 5.73 Å². The monoisotopic (exact) mass is 226 g/mol. The molecule has 88 valence electrons. The van der Waals surface area contributed by atoms with Gasteiger partial charge in [0.1, 0.15) is 0 Å². The first-order valence-electron chi connectivity index (χ1n) is 6.39. The van der Waals surface area contributed by atoms with E-state index in [2.05, 4.69) is 42.2 Å². The van der Waals surface area contributed by atoms with E-state index < -0.39 is 0 Å². The van der Waals surface area contributed by atoms with Crippen molar-refractivity contribution in [2.24, 2.45) is 11.7 Å². The van der Waals surface area contributed by atoms with E-state index in [-0.39, 0.29) is 5.54 Å². The van der Waals surface area contributed by atoms with E-state index in [9.17, 15) is 0 Å². The maximum absolute atomic E-state index is 6.50. The van der Waals surface area contributed by atoms with Crippen LogP contribution in [0.15, 0.2) is 36.5 Å². The van der Waals surface area contributed by atoms with E-state index in [0.717, 1.165) is 12.1 Å². The van der Waals surface area contributed by atoms with Gasteiger partial charge >= 0.3 is 0 Å². The average Bonchev–Trinajstić information content (AvgIpc) is 3.01. The molecule has 0 spiro atoms. The Kier molecular flexibility index (Phi) is 2.40. The Hall–Kier alpha value is -1.41. The molecule has 1 aromatic heterocycles. The number of aromatic nitrogens is 1. The maximum atomic E-state index is 6.50. The molecule has 2 N–H and O–H groups in total. The van der Waals surface area contributed by atoms with Gasteiger partial charge in [-0.1, -0.05) is 37.6 Å². The molecule has 2 nitrogen and oxygen atoms in total. The second-order valence-corrected chi connectivity index (χ2v) is 5.11. The Balaban J connectivity index is 2.07. The lowest BCUT2D eigenvalue weighted by atomic mass is 10.0. The molecule has 0 bridgehead atoms. The molecule has 1 heterocycles. The molecule has 1 aromatic carbocycles. The standard InChI is InChI=1S/C15H18N2/c1-2-5-12-10-15(12,16)14-13-7-4-3-6-11(13)8-9-17-14/h3-4,6-9,12H,2,5,10,16H2,1H3. The summed E-state index contributed by atoms with van der Waals surface area (Å²) >= 11 is 0. The van der Waals surface area contributed by atoms with Crippen molar-refractivity contribution in [3.05, 3.63) is 42.2 Å². The molecule has 0 aliphatic heterocycles. The summed E-state index contributed by atoms with van der Waals surface area (Å²) in [6.07, 6.45) is 5.38. The number of pyridine rings is 1. The molecule has 0 amide bonds. The number of fused-ring (bicyclic) bond motifs is 1. The van der Waals surface area contributed by atoms with Gasteiger partial charge in [0.05, 0.1) is 11.2 Å². The van der Waals surface area contributed by atoms with Crippen molar-refractivity contribution in [1.29, 1.82) is 0 Å². The topological polar surface area (TPSA) is 38.9 Å². The molecule has 0 radical (unpaired) electrons. The minimum absolute atomic E-state index is 0.170.